The Morgan fingerprint density at radius 3 is 2.45 bits per heavy atom. The lowest BCUT2D eigenvalue weighted by atomic mass is 9.87. The molecule has 0 fully saturated rings. The number of hydrogen-bond donors (Lipinski definition) is 1. The van der Waals surface area contributed by atoms with E-state index in [4.69, 9.17) is 12.6 Å². The van der Waals surface area contributed by atoms with Gasteiger partial charge in [0.2, 0.25) is 0 Å². The largest absolute Gasteiger partial charge is 0.444 e. The number of amides is 1. The van der Waals surface area contributed by atoms with E-state index >= 15 is 0 Å². The molecule has 0 spiro atoms. The Kier molecular flexibility index (Phi) is 6.08. The maximum Gasteiger partial charge on any atom is 0.407 e. The second-order valence-electron chi connectivity index (χ2n) is 5.81. The van der Waals surface area contributed by atoms with Crippen LogP contribution in [0.2, 0.25) is 0 Å². The van der Waals surface area contributed by atoms with E-state index in [1.54, 1.807) is 20.8 Å². The highest BCUT2D eigenvalue weighted by atomic mass is 19.1. The highest BCUT2D eigenvalue weighted by molar-refractivity contribution is 6.36. The highest BCUT2D eigenvalue weighted by Gasteiger charge is 2.17. The number of benzene rings is 1. The SMILES string of the molecule is [B]c1cc(F)cc(F)c1C(=O)CCCNC(=O)OC(C)(C)C. The Morgan fingerprint density at radius 2 is 1.91 bits per heavy atom. The maximum absolute atomic E-state index is 13.6. The first-order valence-corrected chi connectivity index (χ1v) is 6.84. The highest BCUT2D eigenvalue weighted by Crippen LogP contribution is 2.10. The van der Waals surface area contributed by atoms with E-state index in [9.17, 15) is 18.4 Å². The molecule has 0 unspecified atom stereocenters. The van der Waals surface area contributed by atoms with Crippen molar-refractivity contribution in [2.45, 2.75) is 39.2 Å². The number of rotatable bonds is 5. The first-order valence-electron chi connectivity index (χ1n) is 6.84. The molecule has 0 atom stereocenters. The summed E-state index contributed by atoms with van der Waals surface area (Å²) in [6.07, 6.45) is -0.330. The quantitative estimate of drug-likeness (QED) is 0.515. The summed E-state index contributed by atoms with van der Waals surface area (Å²) in [7, 11) is 5.45. The van der Waals surface area contributed by atoms with Crippen molar-refractivity contribution >= 4 is 25.2 Å². The molecule has 4 nitrogen and oxygen atoms in total. The van der Waals surface area contributed by atoms with Crippen LogP contribution in [0.5, 0.6) is 0 Å². The van der Waals surface area contributed by atoms with Crippen LogP contribution in [0, 0.1) is 11.6 Å². The molecule has 0 aliphatic heterocycles. The van der Waals surface area contributed by atoms with Gasteiger partial charge in [0.25, 0.3) is 0 Å². The van der Waals surface area contributed by atoms with E-state index in [0.717, 1.165) is 6.07 Å². The van der Waals surface area contributed by atoms with Crippen LogP contribution in [0.1, 0.15) is 44.0 Å². The lowest BCUT2D eigenvalue weighted by Gasteiger charge is -2.19. The lowest BCUT2D eigenvalue weighted by Crippen LogP contribution is -2.33. The molecule has 0 aliphatic carbocycles. The molecule has 0 saturated carbocycles. The third-order valence-electron chi connectivity index (χ3n) is 2.61. The van der Waals surface area contributed by atoms with Crippen LogP contribution in [0.15, 0.2) is 12.1 Å². The van der Waals surface area contributed by atoms with Crippen LogP contribution < -0.4 is 10.8 Å². The number of ether oxygens (including phenoxy) is 1. The van der Waals surface area contributed by atoms with Crippen molar-refractivity contribution in [3.63, 3.8) is 0 Å². The first-order chi connectivity index (χ1) is 10.1. The van der Waals surface area contributed by atoms with Crippen molar-refractivity contribution in [3.05, 3.63) is 29.3 Å². The van der Waals surface area contributed by atoms with Crippen molar-refractivity contribution < 1.29 is 23.1 Å². The van der Waals surface area contributed by atoms with Gasteiger partial charge in [0.1, 0.15) is 25.1 Å². The number of nitrogens with one attached hydrogen (secondary N) is 1. The predicted molar refractivity (Wildman–Crippen MR) is 79.5 cm³/mol. The number of hydrogen-bond acceptors (Lipinski definition) is 3. The average Bonchev–Trinajstić information content (AvgIpc) is 2.31. The number of alkyl carbamates (subject to hydrolysis) is 1. The summed E-state index contributed by atoms with van der Waals surface area (Å²) >= 11 is 0. The molecule has 0 heterocycles. The summed E-state index contributed by atoms with van der Waals surface area (Å²) in [5, 5.41) is 2.49. The summed E-state index contributed by atoms with van der Waals surface area (Å²) in [5.74, 6) is -2.36. The molecular weight excluding hydrogens is 291 g/mol. The Bertz CT molecular complexity index is 547. The molecule has 7 heteroatoms. The van der Waals surface area contributed by atoms with Crippen molar-refractivity contribution in [2.75, 3.05) is 6.54 Å². The molecule has 0 saturated heterocycles. The molecule has 0 aromatic heterocycles. The second-order valence-corrected chi connectivity index (χ2v) is 5.81. The van der Waals surface area contributed by atoms with Gasteiger partial charge >= 0.3 is 6.09 Å². The molecule has 1 aromatic carbocycles. The molecule has 2 radical (unpaired) electrons. The minimum absolute atomic E-state index is 0.0252. The number of carbonyl (C=O) groups is 2. The molecule has 1 N–H and O–H groups in total. The predicted octanol–water partition coefficient (Wildman–Crippen LogP) is 2.25. The minimum atomic E-state index is -0.984. The Labute approximate surface area is 129 Å². The lowest BCUT2D eigenvalue weighted by molar-refractivity contribution is 0.0525. The fourth-order valence-corrected chi connectivity index (χ4v) is 1.77. The van der Waals surface area contributed by atoms with Crippen LogP contribution in [0.25, 0.3) is 0 Å². The standard InChI is InChI=1S/C15H18BF2NO3/c1-15(2,3)22-14(21)19-6-4-5-12(20)13-10(16)7-9(17)8-11(13)18/h7-8H,4-6H2,1-3H3,(H,19,21). The van der Waals surface area contributed by atoms with Crippen LogP contribution in [0.4, 0.5) is 13.6 Å². The van der Waals surface area contributed by atoms with E-state index in [0.29, 0.717) is 6.07 Å². The van der Waals surface area contributed by atoms with Gasteiger partial charge in [0.15, 0.2) is 5.78 Å². The Hall–Kier alpha value is -1.92. The third-order valence-corrected chi connectivity index (χ3v) is 2.61. The molecule has 1 amide bonds. The van der Waals surface area contributed by atoms with Gasteiger partial charge in [0.05, 0.1) is 0 Å². The third kappa shape index (κ3) is 5.83. The topological polar surface area (TPSA) is 55.4 Å². The summed E-state index contributed by atoms with van der Waals surface area (Å²) in [6.45, 7) is 5.39. The molecule has 0 bridgehead atoms. The maximum atomic E-state index is 13.6. The Morgan fingerprint density at radius 1 is 1.27 bits per heavy atom. The number of halogens is 2. The number of carbonyl (C=O) groups excluding carboxylic acids is 2. The smallest absolute Gasteiger partial charge is 0.407 e. The molecule has 22 heavy (non-hydrogen) atoms. The molecular formula is C15H18BF2NO3. The number of ketones is 1. The minimum Gasteiger partial charge on any atom is -0.444 e. The summed E-state index contributed by atoms with van der Waals surface area (Å²) in [5.41, 5.74) is -1.16. The zero-order valence-corrected chi connectivity index (χ0v) is 12.8. The van der Waals surface area contributed by atoms with Crippen LogP contribution in [-0.4, -0.2) is 31.9 Å². The summed E-state index contributed by atoms with van der Waals surface area (Å²) in [4.78, 5) is 23.3. The van der Waals surface area contributed by atoms with Crippen molar-refractivity contribution in [2.24, 2.45) is 0 Å². The molecule has 118 valence electrons. The number of Topliss-reactive ketones (excluding diaryl/α,β-unsaturated/α-hetero) is 1. The fourth-order valence-electron chi connectivity index (χ4n) is 1.77. The molecule has 1 aromatic rings. The van der Waals surface area contributed by atoms with E-state index < -0.39 is 29.1 Å². The van der Waals surface area contributed by atoms with Gasteiger partial charge in [-0.3, -0.25) is 4.79 Å². The average molecular weight is 309 g/mol. The first kappa shape index (κ1) is 18.1. The van der Waals surface area contributed by atoms with Crippen LogP contribution in [0.3, 0.4) is 0 Å². The van der Waals surface area contributed by atoms with Crippen molar-refractivity contribution in [3.8, 4) is 0 Å². The normalized spacial score (nSPS) is 11.1. The van der Waals surface area contributed by atoms with Crippen molar-refractivity contribution in [1.82, 2.24) is 5.32 Å². The van der Waals surface area contributed by atoms with Gasteiger partial charge in [0, 0.05) is 24.6 Å². The summed E-state index contributed by atoms with van der Waals surface area (Å²) < 4.78 is 31.5. The fraction of sp³-hybridized carbons (Fsp3) is 0.467. The van der Waals surface area contributed by atoms with Crippen LogP contribution >= 0.6 is 0 Å². The van der Waals surface area contributed by atoms with E-state index in [1.165, 1.54) is 0 Å². The van der Waals surface area contributed by atoms with Gasteiger partial charge < -0.3 is 10.1 Å². The van der Waals surface area contributed by atoms with Gasteiger partial charge in [-0.2, -0.15) is 0 Å². The second kappa shape index (κ2) is 7.38. The zero-order chi connectivity index (χ0) is 16.9. The summed E-state index contributed by atoms with van der Waals surface area (Å²) in [6, 6.07) is 1.51. The monoisotopic (exact) mass is 309 g/mol. The molecule has 1 rings (SSSR count). The van der Waals surface area contributed by atoms with Gasteiger partial charge in [-0.1, -0.05) is 5.46 Å². The van der Waals surface area contributed by atoms with Crippen molar-refractivity contribution in [1.29, 1.82) is 0 Å². The van der Waals surface area contributed by atoms with Crippen LogP contribution in [-0.2, 0) is 4.74 Å². The van der Waals surface area contributed by atoms with E-state index in [2.05, 4.69) is 5.32 Å². The van der Waals surface area contributed by atoms with Gasteiger partial charge in [-0.05, 0) is 33.3 Å². The van der Waals surface area contributed by atoms with Gasteiger partial charge in [-0.25, -0.2) is 13.6 Å². The molecule has 0 aliphatic rings. The van der Waals surface area contributed by atoms with E-state index in [-0.39, 0.29) is 30.4 Å². The van der Waals surface area contributed by atoms with E-state index in [1.807, 2.05) is 0 Å². The van der Waals surface area contributed by atoms with Gasteiger partial charge in [-0.15, -0.1) is 0 Å². The Balaban J connectivity index is 2.46. The zero-order valence-electron chi connectivity index (χ0n) is 12.8.